The number of nitrogens with zero attached hydrogens (tertiary/aromatic N) is 5. The lowest BCUT2D eigenvalue weighted by Crippen LogP contribution is -2.49. The van der Waals surface area contributed by atoms with Crippen LogP contribution in [0.3, 0.4) is 0 Å². The van der Waals surface area contributed by atoms with Crippen molar-refractivity contribution in [2.45, 2.75) is 18.9 Å². The molecule has 28 heavy (non-hydrogen) atoms. The van der Waals surface area contributed by atoms with Crippen molar-refractivity contribution in [1.29, 1.82) is 0 Å². The molecular weight excluding hydrogens is 360 g/mol. The topological polar surface area (TPSA) is 120 Å². The van der Waals surface area contributed by atoms with Crippen LogP contribution in [0.1, 0.15) is 28.5 Å². The Labute approximate surface area is 159 Å². The summed E-state index contributed by atoms with van der Waals surface area (Å²) >= 11 is 0. The van der Waals surface area contributed by atoms with Gasteiger partial charge in [0.25, 0.3) is 11.5 Å². The van der Waals surface area contributed by atoms with Gasteiger partial charge < -0.3 is 19.6 Å². The summed E-state index contributed by atoms with van der Waals surface area (Å²) in [5.41, 5.74) is 8.26. The quantitative estimate of drug-likeness (QED) is 0.710. The first-order valence-corrected chi connectivity index (χ1v) is 9.08. The van der Waals surface area contributed by atoms with Gasteiger partial charge in [-0.3, -0.25) is 9.59 Å². The monoisotopic (exact) mass is 378 g/mol. The SMILES string of the molecule is Nc1cc(-c2cc3n(c(=O)c2)C[C@H]2C[C@@H]3CN(C(=O)c3cocn3)C2)ncn1. The van der Waals surface area contributed by atoms with Gasteiger partial charge in [-0.2, -0.15) is 0 Å². The number of likely N-dealkylation sites (tertiary alicyclic amines) is 1. The highest BCUT2D eigenvalue weighted by atomic mass is 16.3. The molecule has 0 aromatic carbocycles. The molecule has 1 fully saturated rings. The summed E-state index contributed by atoms with van der Waals surface area (Å²) in [7, 11) is 0. The highest BCUT2D eigenvalue weighted by Gasteiger charge is 2.37. The molecule has 0 unspecified atom stereocenters. The van der Waals surface area contributed by atoms with Gasteiger partial charge in [-0.05, 0) is 18.4 Å². The molecule has 3 aromatic rings. The molecule has 5 heterocycles. The highest BCUT2D eigenvalue weighted by Crippen LogP contribution is 2.36. The van der Waals surface area contributed by atoms with E-state index in [0.29, 0.717) is 42.4 Å². The number of oxazole rings is 1. The molecule has 5 rings (SSSR count). The van der Waals surface area contributed by atoms with E-state index in [2.05, 4.69) is 15.0 Å². The molecule has 9 heteroatoms. The molecule has 0 spiro atoms. The van der Waals surface area contributed by atoms with Crippen LogP contribution in [0.15, 0.2) is 46.4 Å². The van der Waals surface area contributed by atoms with E-state index in [1.165, 1.54) is 19.0 Å². The third-order valence-corrected chi connectivity index (χ3v) is 5.48. The van der Waals surface area contributed by atoms with Crippen molar-refractivity contribution in [1.82, 2.24) is 24.4 Å². The predicted molar refractivity (Wildman–Crippen MR) is 99.4 cm³/mol. The molecule has 1 amide bonds. The number of piperidine rings is 1. The number of pyridine rings is 1. The number of rotatable bonds is 2. The first-order valence-electron chi connectivity index (χ1n) is 9.08. The van der Waals surface area contributed by atoms with Crippen LogP contribution < -0.4 is 11.3 Å². The van der Waals surface area contributed by atoms with Crippen LogP contribution in [0.5, 0.6) is 0 Å². The summed E-state index contributed by atoms with van der Waals surface area (Å²) in [5, 5.41) is 0. The average Bonchev–Trinajstić information content (AvgIpc) is 3.23. The number of carbonyl (C=O) groups is 1. The number of hydrogen-bond acceptors (Lipinski definition) is 7. The molecule has 3 aromatic heterocycles. The van der Waals surface area contributed by atoms with E-state index in [1.54, 1.807) is 17.0 Å². The van der Waals surface area contributed by atoms with Gasteiger partial charge in [0.15, 0.2) is 12.1 Å². The summed E-state index contributed by atoms with van der Waals surface area (Å²) in [4.78, 5) is 39.4. The zero-order valence-electron chi connectivity index (χ0n) is 15.0. The molecule has 0 saturated carbocycles. The number of fused-ring (bicyclic) bond motifs is 4. The minimum absolute atomic E-state index is 0.0596. The number of hydrogen-bond donors (Lipinski definition) is 1. The van der Waals surface area contributed by atoms with Crippen molar-refractivity contribution >= 4 is 11.7 Å². The van der Waals surface area contributed by atoms with Crippen LogP contribution >= 0.6 is 0 Å². The van der Waals surface area contributed by atoms with Crippen LogP contribution in [-0.2, 0) is 6.54 Å². The Kier molecular flexibility index (Phi) is 3.75. The smallest absolute Gasteiger partial charge is 0.275 e. The van der Waals surface area contributed by atoms with Crippen LogP contribution in [0.25, 0.3) is 11.3 Å². The van der Waals surface area contributed by atoms with Crippen molar-refractivity contribution in [2.24, 2.45) is 5.92 Å². The second-order valence-electron chi connectivity index (χ2n) is 7.33. The van der Waals surface area contributed by atoms with E-state index < -0.39 is 0 Å². The Balaban J connectivity index is 1.51. The molecule has 2 N–H and O–H groups in total. The maximum atomic E-state index is 12.8. The fourth-order valence-electron chi connectivity index (χ4n) is 4.28. The van der Waals surface area contributed by atoms with Gasteiger partial charge in [0.2, 0.25) is 0 Å². The normalized spacial score (nSPS) is 20.6. The van der Waals surface area contributed by atoms with Crippen LogP contribution in [0.4, 0.5) is 5.82 Å². The molecule has 0 aliphatic carbocycles. The fraction of sp³-hybridized carbons (Fsp3) is 0.316. The van der Waals surface area contributed by atoms with Crippen LogP contribution in [-0.4, -0.2) is 43.4 Å². The summed E-state index contributed by atoms with van der Waals surface area (Å²) in [6.45, 7) is 1.74. The molecule has 142 valence electrons. The number of anilines is 1. The fourth-order valence-corrected chi connectivity index (χ4v) is 4.28. The molecule has 9 nitrogen and oxygen atoms in total. The molecule has 2 bridgehead atoms. The van der Waals surface area contributed by atoms with E-state index in [-0.39, 0.29) is 23.3 Å². The standard InChI is InChI=1S/C19H18N6O3/c20-17-4-14(21-9-22-17)12-2-16-13-1-11(6-25(16)18(26)3-12)5-24(7-13)19(27)15-8-28-10-23-15/h2-4,8-11,13H,1,5-7H2,(H2,20,21,22)/t11-,13+/m0/s1. The molecule has 2 aliphatic rings. The average molecular weight is 378 g/mol. The third-order valence-electron chi connectivity index (χ3n) is 5.48. The van der Waals surface area contributed by atoms with E-state index in [9.17, 15) is 9.59 Å². The Hall–Kier alpha value is -3.49. The first kappa shape index (κ1) is 16.7. The van der Waals surface area contributed by atoms with Crippen molar-refractivity contribution in [3.8, 4) is 11.3 Å². The first-order chi connectivity index (χ1) is 13.6. The van der Waals surface area contributed by atoms with Crippen molar-refractivity contribution in [3.05, 3.63) is 58.9 Å². The Bertz CT molecular complexity index is 1110. The minimum atomic E-state index is -0.140. The number of aromatic nitrogens is 4. The van der Waals surface area contributed by atoms with E-state index >= 15 is 0 Å². The molecule has 2 aliphatic heterocycles. The maximum Gasteiger partial charge on any atom is 0.275 e. The van der Waals surface area contributed by atoms with E-state index in [0.717, 1.165) is 12.1 Å². The van der Waals surface area contributed by atoms with Gasteiger partial charge in [0.1, 0.15) is 18.4 Å². The van der Waals surface area contributed by atoms with E-state index in [4.69, 9.17) is 10.2 Å². The highest BCUT2D eigenvalue weighted by molar-refractivity contribution is 5.92. The van der Waals surface area contributed by atoms with Gasteiger partial charge >= 0.3 is 0 Å². The molecule has 2 atom stereocenters. The number of amides is 1. The lowest BCUT2D eigenvalue weighted by Gasteiger charge is -2.42. The van der Waals surface area contributed by atoms with E-state index in [1.807, 2.05) is 10.6 Å². The Morgan fingerprint density at radius 3 is 2.82 bits per heavy atom. The summed E-state index contributed by atoms with van der Waals surface area (Å²) in [6, 6.07) is 5.22. The van der Waals surface area contributed by atoms with Gasteiger partial charge in [-0.1, -0.05) is 0 Å². The zero-order chi connectivity index (χ0) is 19.3. The third kappa shape index (κ3) is 2.75. The summed E-state index contributed by atoms with van der Waals surface area (Å²) < 4.78 is 6.76. The Morgan fingerprint density at radius 1 is 1.14 bits per heavy atom. The van der Waals surface area contributed by atoms with Crippen LogP contribution in [0, 0.1) is 5.92 Å². The molecule has 0 radical (unpaired) electrons. The largest absolute Gasteiger partial charge is 0.451 e. The van der Waals surface area contributed by atoms with Gasteiger partial charge in [-0.25, -0.2) is 15.0 Å². The second kappa shape index (κ2) is 6.29. The van der Waals surface area contributed by atoms with Gasteiger partial charge in [-0.15, -0.1) is 0 Å². The number of carbonyl (C=O) groups excluding carboxylic acids is 1. The minimum Gasteiger partial charge on any atom is -0.451 e. The van der Waals surface area contributed by atoms with Crippen molar-refractivity contribution in [2.75, 3.05) is 18.8 Å². The summed E-state index contributed by atoms with van der Waals surface area (Å²) in [5.74, 6) is 0.527. The molecular formula is C19H18N6O3. The van der Waals surface area contributed by atoms with Crippen LogP contribution in [0.2, 0.25) is 0 Å². The van der Waals surface area contributed by atoms with Gasteiger partial charge in [0, 0.05) is 48.9 Å². The maximum absolute atomic E-state index is 12.8. The zero-order valence-corrected chi connectivity index (χ0v) is 15.0. The molecule has 1 saturated heterocycles. The lowest BCUT2D eigenvalue weighted by atomic mass is 9.82. The second-order valence-corrected chi connectivity index (χ2v) is 7.33. The number of nitrogens with two attached hydrogens (primary N) is 1. The Morgan fingerprint density at radius 2 is 2.04 bits per heavy atom. The van der Waals surface area contributed by atoms with Gasteiger partial charge in [0.05, 0.1) is 5.69 Å². The number of nitrogen functional groups attached to an aromatic ring is 1. The summed E-state index contributed by atoms with van der Waals surface area (Å²) in [6.07, 6.45) is 4.95. The van der Waals surface area contributed by atoms with Crippen molar-refractivity contribution < 1.29 is 9.21 Å². The predicted octanol–water partition coefficient (Wildman–Crippen LogP) is 1.14. The van der Waals surface area contributed by atoms with Crippen molar-refractivity contribution in [3.63, 3.8) is 0 Å². The lowest BCUT2D eigenvalue weighted by molar-refractivity contribution is 0.0589.